The first-order chi connectivity index (χ1) is 12.0. The van der Waals surface area contributed by atoms with Crippen LogP contribution in [0.2, 0.25) is 0 Å². The molecule has 2 aromatic rings. The van der Waals surface area contributed by atoms with Crippen LogP contribution in [0.25, 0.3) is 5.69 Å². The van der Waals surface area contributed by atoms with E-state index in [0.29, 0.717) is 36.2 Å². The number of aromatic nitrogens is 4. The van der Waals surface area contributed by atoms with Gasteiger partial charge < -0.3 is 9.64 Å². The van der Waals surface area contributed by atoms with Crippen LogP contribution < -0.4 is 0 Å². The second-order valence-corrected chi connectivity index (χ2v) is 6.59. The highest BCUT2D eigenvalue weighted by molar-refractivity contribution is 5.94. The predicted octanol–water partition coefficient (Wildman–Crippen LogP) is 1.32. The van der Waals surface area contributed by atoms with E-state index in [4.69, 9.17) is 4.74 Å². The summed E-state index contributed by atoms with van der Waals surface area (Å²) in [6.07, 6.45) is 2.51. The maximum absolute atomic E-state index is 12.4. The molecule has 1 aliphatic heterocycles. The lowest BCUT2D eigenvalue weighted by atomic mass is 9.92. The van der Waals surface area contributed by atoms with E-state index in [1.54, 1.807) is 29.2 Å². The third-order valence-corrected chi connectivity index (χ3v) is 4.27. The first-order valence-corrected chi connectivity index (χ1v) is 8.32. The van der Waals surface area contributed by atoms with Gasteiger partial charge in [-0.15, -0.1) is 5.10 Å². The molecule has 0 N–H and O–H groups in total. The van der Waals surface area contributed by atoms with Crippen LogP contribution in [0.15, 0.2) is 30.6 Å². The molecule has 0 saturated carbocycles. The monoisotopic (exact) mass is 343 g/mol. The number of carbonyl (C=O) groups excluding carboxylic acids is 2. The third kappa shape index (κ3) is 4.01. The van der Waals surface area contributed by atoms with Crippen molar-refractivity contribution in [3.05, 3.63) is 36.2 Å². The van der Waals surface area contributed by atoms with Crippen LogP contribution in [-0.2, 0) is 9.53 Å². The zero-order chi connectivity index (χ0) is 17.8. The van der Waals surface area contributed by atoms with Crippen LogP contribution in [0.3, 0.4) is 0 Å². The Morgan fingerprint density at radius 3 is 2.60 bits per heavy atom. The number of likely N-dealkylation sites (tertiary alicyclic amines) is 1. The molecule has 1 aromatic carbocycles. The van der Waals surface area contributed by atoms with Crippen LogP contribution in [-0.4, -0.2) is 56.7 Å². The van der Waals surface area contributed by atoms with E-state index in [1.165, 1.54) is 11.0 Å². The molecule has 0 radical (unpaired) electrons. The summed E-state index contributed by atoms with van der Waals surface area (Å²) in [7, 11) is 0. The van der Waals surface area contributed by atoms with Crippen LogP contribution in [0.4, 0.5) is 0 Å². The van der Waals surface area contributed by atoms with Gasteiger partial charge in [-0.05, 0) is 40.8 Å². The molecule has 132 valence electrons. The molecule has 1 fully saturated rings. The molecule has 3 rings (SSSR count). The van der Waals surface area contributed by atoms with Gasteiger partial charge in [0.1, 0.15) is 6.33 Å². The molecule has 1 amide bonds. The minimum Gasteiger partial charge on any atom is -0.452 e. The minimum absolute atomic E-state index is 0.161. The lowest BCUT2D eigenvalue weighted by Crippen LogP contribution is -2.44. The Kier molecular flexibility index (Phi) is 5.06. The fraction of sp³-hybridized carbons (Fsp3) is 0.471. The van der Waals surface area contributed by atoms with Crippen molar-refractivity contribution >= 4 is 11.9 Å². The van der Waals surface area contributed by atoms with Crippen molar-refractivity contribution in [2.45, 2.75) is 20.3 Å². The summed E-state index contributed by atoms with van der Waals surface area (Å²) >= 11 is 0. The number of benzene rings is 1. The van der Waals surface area contributed by atoms with Gasteiger partial charge >= 0.3 is 5.97 Å². The molecule has 0 aliphatic carbocycles. The van der Waals surface area contributed by atoms with Crippen LogP contribution in [0.1, 0.15) is 30.6 Å². The van der Waals surface area contributed by atoms with Crippen molar-refractivity contribution in [1.82, 2.24) is 25.1 Å². The Labute approximate surface area is 145 Å². The van der Waals surface area contributed by atoms with Crippen LogP contribution in [0, 0.1) is 11.8 Å². The summed E-state index contributed by atoms with van der Waals surface area (Å²) < 4.78 is 6.62. The van der Waals surface area contributed by atoms with Gasteiger partial charge in [0.15, 0.2) is 6.61 Å². The van der Waals surface area contributed by atoms with Gasteiger partial charge in [-0.1, -0.05) is 26.0 Å². The van der Waals surface area contributed by atoms with E-state index >= 15 is 0 Å². The van der Waals surface area contributed by atoms with E-state index in [0.717, 1.165) is 6.42 Å². The molecular weight excluding hydrogens is 322 g/mol. The Morgan fingerprint density at radius 2 is 1.92 bits per heavy atom. The highest BCUT2D eigenvalue weighted by Crippen LogP contribution is 2.21. The Bertz CT molecular complexity index is 737. The number of hydrogen-bond acceptors (Lipinski definition) is 6. The first kappa shape index (κ1) is 17.1. The maximum Gasteiger partial charge on any atom is 0.340 e. The topological polar surface area (TPSA) is 90.2 Å². The van der Waals surface area contributed by atoms with Crippen molar-refractivity contribution in [3.63, 3.8) is 0 Å². The van der Waals surface area contributed by atoms with E-state index < -0.39 is 5.97 Å². The van der Waals surface area contributed by atoms with Gasteiger partial charge in [0.05, 0.1) is 11.3 Å². The zero-order valence-corrected chi connectivity index (χ0v) is 14.3. The molecule has 1 saturated heterocycles. The van der Waals surface area contributed by atoms with Crippen molar-refractivity contribution in [2.75, 3.05) is 19.7 Å². The first-order valence-electron chi connectivity index (χ1n) is 8.32. The standard InChI is InChI=1S/C17H21N5O3/c1-12-7-13(2)9-21(8-12)16(23)10-25-17(24)14-5-3-4-6-15(14)22-11-18-19-20-22/h3-6,11-13H,7-10H2,1-2H3/t12-,13-/m0/s1. The summed E-state index contributed by atoms with van der Waals surface area (Å²) in [6, 6.07) is 6.83. The Hall–Kier alpha value is -2.77. The van der Waals surface area contributed by atoms with Crippen molar-refractivity contribution < 1.29 is 14.3 Å². The Morgan fingerprint density at radius 1 is 1.20 bits per heavy atom. The summed E-state index contributed by atoms with van der Waals surface area (Å²) in [5.74, 6) is 0.192. The molecule has 1 aromatic heterocycles. The Balaban J connectivity index is 1.64. The number of tetrazole rings is 1. The van der Waals surface area contributed by atoms with Gasteiger partial charge in [0.2, 0.25) is 0 Å². The fourth-order valence-electron chi connectivity index (χ4n) is 3.28. The van der Waals surface area contributed by atoms with Crippen LogP contribution >= 0.6 is 0 Å². The van der Waals surface area contributed by atoms with Gasteiger partial charge in [-0.25, -0.2) is 4.79 Å². The van der Waals surface area contributed by atoms with Crippen molar-refractivity contribution in [1.29, 1.82) is 0 Å². The second-order valence-electron chi connectivity index (χ2n) is 6.59. The quantitative estimate of drug-likeness (QED) is 0.778. The summed E-state index contributed by atoms with van der Waals surface area (Å²) in [5.41, 5.74) is 0.813. The minimum atomic E-state index is -0.572. The fourth-order valence-corrected chi connectivity index (χ4v) is 3.28. The third-order valence-electron chi connectivity index (χ3n) is 4.27. The van der Waals surface area contributed by atoms with Crippen molar-refractivity contribution in [3.8, 4) is 5.69 Å². The van der Waals surface area contributed by atoms with Crippen LogP contribution in [0.5, 0.6) is 0 Å². The highest BCUT2D eigenvalue weighted by atomic mass is 16.5. The van der Waals surface area contributed by atoms with E-state index in [2.05, 4.69) is 29.4 Å². The molecule has 1 aliphatic rings. The summed E-state index contributed by atoms with van der Waals surface area (Å²) in [5, 5.41) is 10.9. The van der Waals surface area contributed by atoms with Gasteiger partial charge in [0, 0.05) is 13.1 Å². The summed E-state index contributed by atoms with van der Waals surface area (Å²) in [6.45, 7) is 5.42. The number of carbonyl (C=O) groups is 2. The number of rotatable bonds is 4. The number of piperidine rings is 1. The van der Waals surface area contributed by atoms with Gasteiger partial charge in [0.25, 0.3) is 5.91 Å². The van der Waals surface area contributed by atoms with E-state index in [1.807, 2.05) is 0 Å². The molecule has 0 spiro atoms. The molecular formula is C17H21N5O3. The second kappa shape index (κ2) is 7.42. The zero-order valence-electron chi connectivity index (χ0n) is 14.3. The molecule has 2 heterocycles. The lowest BCUT2D eigenvalue weighted by molar-refractivity contribution is -0.137. The smallest absolute Gasteiger partial charge is 0.340 e. The average molecular weight is 343 g/mol. The van der Waals surface area contributed by atoms with Gasteiger partial charge in [-0.2, -0.15) is 4.68 Å². The molecule has 2 atom stereocenters. The average Bonchev–Trinajstić information content (AvgIpc) is 3.13. The maximum atomic E-state index is 12.4. The normalized spacial score (nSPS) is 20.3. The van der Waals surface area contributed by atoms with E-state index in [-0.39, 0.29) is 12.5 Å². The number of ether oxygens (including phenoxy) is 1. The van der Waals surface area contributed by atoms with E-state index in [9.17, 15) is 9.59 Å². The summed E-state index contributed by atoms with van der Waals surface area (Å²) in [4.78, 5) is 26.5. The molecule has 25 heavy (non-hydrogen) atoms. The number of amides is 1. The number of para-hydroxylation sites is 1. The molecule has 0 bridgehead atoms. The van der Waals surface area contributed by atoms with Gasteiger partial charge in [-0.3, -0.25) is 4.79 Å². The lowest BCUT2D eigenvalue weighted by Gasteiger charge is -2.34. The molecule has 0 unspecified atom stereocenters. The number of esters is 1. The largest absolute Gasteiger partial charge is 0.452 e. The molecule has 8 heteroatoms. The number of nitrogens with zero attached hydrogens (tertiary/aromatic N) is 5. The predicted molar refractivity (Wildman–Crippen MR) is 89.0 cm³/mol. The van der Waals surface area contributed by atoms with Crippen molar-refractivity contribution in [2.24, 2.45) is 11.8 Å². The SMILES string of the molecule is C[C@H]1C[C@H](C)CN(C(=O)COC(=O)c2ccccc2-n2cnnn2)C1. The molecule has 8 nitrogen and oxygen atoms in total. The number of hydrogen-bond donors (Lipinski definition) is 0. The highest BCUT2D eigenvalue weighted by Gasteiger charge is 2.26.